The number of rotatable bonds is 21. The Morgan fingerprint density at radius 1 is 0.525 bits per heavy atom. The van der Waals surface area contributed by atoms with Crippen LogP contribution in [-0.4, -0.2) is 188 Å². The van der Waals surface area contributed by atoms with E-state index >= 15 is 0 Å². The van der Waals surface area contributed by atoms with Gasteiger partial charge >= 0.3 is 0 Å². The van der Waals surface area contributed by atoms with Gasteiger partial charge in [0.2, 0.25) is 0 Å². The van der Waals surface area contributed by atoms with Gasteiger partial charge in [0.25, 0.3) is 0 Å². The molecule has 8 nitrogen and oxygen atoms in total. The molecule has 5 fully saturated rings. The molecule has 0 saturated carbocycles. The highest BCUT2D eigenvalue weighted by molar-refractivity contribution is 4.91. The predicted octanol–water partition coefficient (Wildman–Crippen LogP) is 17.3. The molecule has 80 heavy (non-hydrogen) atoms. The molecule has 0 aromatic heterocycles. The maximum atomic E-state index is 5.08. The largest absolute Gasteiger partial charge is 0.383 e. The summed E-state index contributed by atoms with van der Waals surface area (Å²) in [5.74, 6) is 11.0. The molecule has 5 saturated heterocycles. The van der Waals surface area contributed by atoms with Crippen LogP contribution in [0.2, 0.25) is 0 Å². The smallest absolute Gasteiger partial charge is 0.0589 e. The highest BCUT2D eigenvalue weighted by atomic mass is 16.5. The summed E-state index contributed by atoms with van der Waals surface area (Å²) in [4.78, 5) is 17.0. The molecule has 4 atom stereocenters. The zero-order valence-corrected chi connectivity index (χ0v) is 60.4. The van der Waals surface area contributed by atoms with Gasteiger partial charge in [-0.25, -0.2) is 0 Å². The third-order valence-corrected chi connectivity index (χ3v) is 18.7. The van der Waals surface area contributed by atoms with Crippen LogP contribution in [0.3, 0.4) is 0 Å². The van der Waals surface area contributed by atoms with Gasteiger partial charge in [-0.1, -0.05) is 131 Å². The van der Waals surface area contributed by atoms with Crippen molar-refractivity contribution in [2.24, 2.45) is 76.4 Å². The van der Waals surface area contributed by atoms with Gasteiger partial charge in [0.15, 0.2) is 0 Å². The molecule has 0 aromatic carbocycles. The number of nitrogens with zero attached hydrogens (tertiary/aromatic N) is 7. The van der Waals surface area contributed by atoms with Gasteiger partial charge in [-0.2, -0.15) is 0 Å². The van der Waals surface area contributed by atoms with Crippen molar-refractivity contribution in [1.29, 1.82) is 0 Å². The third kappa shape index (κ3) is 46.0. The van der Waals surface area contributed by atoms with Gasteiger partial charge in [0, 0.05) is 32.3 Å². The highest BCUT2D eigenvalue weighted by Crippen LogP contribution is 2.40. The standard InChI is InChI=1S/C12H25N.C11H23NO.2C11H23N.C10H21N.C9H21N.C8H19N/c1-11(2,3)10-7-8-13(6)12(4,5)9-10;1-10(2)8-11-4-5-12(9-11)6-7-13-3;1-9(2)10(3)11-5-7-12(4)8-6-11;1-4-12-7-5-11(6-8-12)9-10(2)3;1-9(2)7-10-5-4-6-11(3)8-10;1-9(2)7-5-6-8-10(3)4;1-8(2)6-5-7-9(3)4/h10H,7-9H2,1-6H3;10-11H,4-9H2,1-3H3;9-11H,5-8H2,1-4H3;10-11H,4-9H2,1-3H3;9-10H,4-8H2,1-3H3;9H,5-8H2,1-4H3;8H,5-7H2,1-4H3. The fraction of sp³-hybridized carbons (Fsp3) is 1.00. The first-order chi connectivity index (χ1) is 37.2. The van der Waals surface area contributed by atoms with Crippen LogP contribution in [0.5, 0.6) is 0 Å². The van der Waals surface area contributed by atoms with Crippen LogP contribution in [0.25, 0.3) is 0 Å². The summed E-state index contributed by atoms with van der Waals surface area (Å²) in [6.45, 7) is 61.8. The summed E-state index contributed by atoms with van der Waals surface area (Å²) in [7, 11) is 17.0. The van der Waals surface area contributed by atoms with E-state index in [1.807, 2.05) is 0 Å². The number of methoxy groups -OCH3 is 1. The molecule has 5 aliphatic heterocycles. The first kappa shape index (κ1) is 81.7. The average Bonchev–Trinajstić information content (AvgIpc) is 3.79. The Morgan fingerprint density at radius 3 is 1.44 bits per heavy atom. The minimum Gasteiger partial charge on any atom is -0.383 e. The van der Waals surface area contributed by atoms with Crippen molar-refractivity contribution in [2.45, 2.75) is 246 Å². The van der Waals surface area contributed by atoms with Crippen molar-refractivity contribution in [1.82, 2.24) is 34.3 Å². The number of hydrogen-bond donors (Lipinski definition) is 0. The molecular weight excluding hydrogens is 979 g/mol. The van der Waals surface area contributed by atoms with Gasteiger partial charge in [-0.15, -0.1) is 0 Å². The van der Waals surface area contributed by atoms with Crippen molar-refractivity contribution < 1.29 is 4.74 Å². The molecule has 5 rings (SSSR count). The molecule has 0 radical (unpaired) electrons. The van der Waals surface area contributed by atoms with Crippen LogP contribution in [0.15, 0.2) is 0 Å². The predicted molar refractivity (Wildman–Crippen MR) is 363 cm³/mol. The molecule has 0 bridgehead atoms. The highest BCUT2D eigenvalue weighted by Gasteiger charge is 2.37. The lowest BCUT2D eigenvalue weighted by Crippen LogP contribution is -2.49. The van der Waals surface area contributed by atoms with E-state index in [0.29, 0.717) is 11.0 Å². The van der Waals surface area contributed by atoms with Crippen molar-refractivity contribution in [3.8, 4) is 0 Å². The number of unbranched alkanes of at least 4 members (excludes halogenated alkanes) is 1. The Morgan fingerprint density at radius 2 is 1.00 bits per heavy atom. The Kier molecular flexibility index (Phi) is 47.9. The summed E-state index contributed by atoms with van der Waals surface area (Å²) < 4.78 is 5.08. The summed E-state index contributed by atoms with van der Waals surface area (Å²) in [5, 5.41) is 0. The van der Waals surface area contributed by atoms with Crippen molar-refractivity contribution in [3.63, 3.8) is 0 Å². The van der Waals surface area contributed by atoms with Crippen molar-refractivity contribution >= 4 is 0 Å². The van der Waals surface area contributed by atoms with E-state index in [9.17, 15) is 0 Å². The van der Waals surface area contributed by atoms with E-state index in [4.69, 9.17) is 4.74 Å². The Hall–Kier alpha value is -0.320. The van der Waals surface area contributed by atoms with Gasteiger partial charge in [-0.3, -0.25) is 0 Å². The summed E-state index contributed by atoms with van der Waals surface area (Å²) in [6, 6.07) is 0. The molecule has 0 N–H and O–H groups in total. The molecular formula is C72H155N7O. The van der Waals surface area contributed by atoms with Crippen LogP contribution < -0.4 is 0 Å². The monoisotopic (exact) mass is 1130 g/mol. The van der Waals surface area contributed by atoms with Crippen LogP contribution in [0.1, 0.15) is 241 Å². The van der Waals surface area contributed by atoms with E-state index < -0.39 is 0 Å². The maximum Gasteiger partial charge on any atom is 0.0589 e. The average molecular weight is 1140 g/mol. The quantitative estimate of drug-likeness (QED) is 0.105. The Labute approximate surface area is 507 Å². The topological polar surface area (TPSA) is 31.9 Å². The van der Waals surface area contributed by atoms with E-state index in [-0.39, 0.29) is 0 Å². The number of hydrogen-bond acceptors (Lipinski definition) is 8. The minimum atomic E-state index is 0.399. The van der Waals surface area contributed by atoms with E-state index in [2.05, 4.69) is 215 Å². The van der Waals surface area contributed by atoms with Crippen LogP contribution >= 0.6 is 0 Å². The second-order valence-electron chi connectivity index (χ2n) is 31.6. The Balaban J connectivity index is 0. The van der Waals surface area contributed by atoms with Gasteiger partial charge in [0.1, 0.15) is 0 Å². The zero-order valence-electron chi connectivity index (χ0n) is 60.4. The van der Waals surface area contributed by atoms with E-state index in [1.54, 1.807) is 7.11 Å². The van der Waals surface area contributed by atoms with Gasteiger partial charge < -0.3 is 39.0 Å². The Bertz CT molecular complexity index is 1320. The molecule has 484 valence electrons. The zero-order chi connectivity index (χ0) is 61.6. The number of ether oxygens (including phenoxy) is 1. The van der Waals surface area contributed by atoms with Gasteiger partial charge in [-0.05, 0) is 301 Å². The number of piperidine rings is 4. The third-order valence-electron chi connectivity index (χ3n) is 18.7. The van der Waals surface area contributed by atoms with Crippen molar-refractivity contribution in [3.05, 3.63) is 0 Å². The lowest BCUT2D eigenvalue weighted by atomic mass is 9.70. The lowest BCUT2D eigenvalue weighted by Gasteiger charge is -2.47. The van der Waals surface area contributed by atoms with Crippen LogP contribution in [0, 0.1) is 76.4 Å². The summed E-state index contributed by atoms with van der Waals surface area (Å²) in [6.07, 6.45) is 23.7. The SMILES string of the molecule is CC(C)C(C)C1CCN(C)CC1.CC(C)CC1CCCN(C)C1.CC(C)CCCCN(C)C.CC(C)CCCN(C)C.CCN1CCC(CC(C)C)CC1.CN1CCC(C(C)(C)C)CC1(C)C.COCCN1CCC(CC(C)C)C1. The first-order valence-electron chi connectivity index (χ1n) is 34.5. The van der Waals surface area contributed by atoms with E-state index in [1.165, 1.54) is 188 Å². The first-order valence-corrected chi connectivity index (χ1v) is 34.5. The normalized spacial score (nSPS) is 22.5. The molecule has 0 amide bonds. The summed E-state index contributed by atoms with van der Waals surface area (Å²) >= 11 is 0. The second-order valence-corrected chi connectivity index (χ2v) is 31.6. The molecule has 0 aromatic rings. The molecule has 8 heteroatoms. The van der Waals surface area contributed by atoms with Crippen molar-refractivity contribution in [2.75, 3.05) is 148 Å². The fourth-order valence-corrected chi connectivity index (χ4v) is 12.7. The lowest BCUT2D eigenvalue weighted by molar-refractivity contribution is 0.0294. The molecule has 5 aliphatic rings. The molecule has 0 spiro atoms. The second kappa shape index (κ2) is 46.8. The molecule has 0 aliphatic carbocycles. The number of likely N-dealkylation sites (tertiary alicyclic amines) is 5. The van der Waals surface area contributed by atoms with Gasteiger partial charge in [0.05, 0.1) is 6.61 Å². The van der Waals surface area contributed by atoms with Crippen LogP contribution in [0.4, 0.5) is 0 Å². The molecule has 4 unspecified atom stereocenters. The molecule has 5 heterocycles. The maximum absolute atomic E-state index is 5.08. The summed E-state index contributed by atoms with van der Waals surface area (Å²) in [5.41, 5.74) is 0.884. The van der Waals surface area contributed by atoms with E-state index in [0.717, 1.165) is 84.2 Å². The minimum absolute atomic E-state index is 0.399. The van der Waals surface area contributed by atoms with Crippen LogP contribution in [-0.2, 0) is 4.74 Å². The fourth-order valence-electron chi connectivity index (χ4n) is 12.7.